The number of carbonyl (C=O) groups excluding carboxylic acids is 5. The van der Waals surface area contributed by atoms with Gasteiger partial charge in [-0.2, -0.15) is 0 Å². The Labute approximate surface area is 392 Å². The smallest absolute Gasteiger partial charge is 0.246 e. The largest absolute Gasteiger partial charge is 0.347 e. The second-order valence-corrected chi connectivity index (χ2v) is 17.9. The molecular formula is C44H61Cl3N10O5S. The monoisotopic (exact) mass is 946 g/mol. The van der Waals surface area contributed by atoms with E-state index in [-0.39, 0.29) is 91.7 Å². The standard InChI is InChI=1S/C44H58N10O5S.3ClH/c1-26(45-6)39(56)49-38(44(3,4)5)42(59)53-25-31(23-34(53)41(58)47-33-21-13-18-28-15-11-12-20-32(28)33)54-24-30(51-52-54)19-14-22-35(55)37-36(29-16-9-8-10-17-29)48-43(60-37)50-40(57)27(2)46-7;;;/h8-12,15-17,20,24,26-27,31,33-34,38,45-46H,13-14,18-19,21-23,25H2,1-7H3,(H,47,58)(H,49,56)(H,48,50,57);3*1H/t26-,27-,31-,33+,34-,38+;;;/m0.../s1. The second-order valence-electron chi connectivity index (χ2n) is 16.9. The van der Waals surface area contributed by atoms with E-state index in [0.29, 0.717) is 40.7 Å². The Hall–Kier alpha value is -4.45. The lowest BCUT2D eigenvalue weighted by Crippen LogP contribution is -2.59. The van der Waals surface area contributed by atoms with Crippen LogP contribution in [0.4, 0.5) is 5.13 Å². The molecule has 4 amide bonds. The van der Waals surface area contributed by atoms with E-state index in [2.05, 4.69) is 54.0 Å². The summed E-state index contributed by atoms with van der Waals surface area (Å²) in [5.41, 5.74) is 3.65. The van der Waals surface area contributed by atoms with Crippen molar-refractivity contribution in [3.05, 3.63) is 82.5 Å². The lowest BCUT2D eigenvalue weighted by molar-refractivity contribution is -0.144. The normalized spacial score (nSPS) is 18.3. The molecule has 4 aromatic rings. The molecule has 3 heterocycles. The van der Waals surface area contributed by atoms with E-state index in [1.54, 1.807) is 37.5 Å². The topological polar surface area (TPSA) is 192 Å². The SMILES string of the molecule is CN[C@@H](C)C(=O)Nc1nc(-c2ccccc2)c(C(=O)CCCc2cn([C@H]3C[C@@H](C(=O)N[C@@H]4CCCc5ccccc54)N(C(=O)[C@@H](NC(=O)[C@H](C)NC)C(C)(C)C)C3)nn2)s1.Cl.Cl.Cl. The van der Waals surface area contributed by atoms with Crippen molar-refractivity contribution in [1.82, 2.24) is 46.1 Å². The number of anilines is 1. The summed E-state index contributed by atoms with van der Waals surface area (Å²) in [6.07, 6.45) is 6.02. The highest BCUT2D eigenvalue weighted by Crippen LogP contribution is 2.35. The number of Topliss-reactive ketones (excluding diaryl/α,β-unsaturated/α-hetero) is 1. The molecule has 63 heavy (non-hydrogen) atoms. The summed E-state index contributed by atoms with van der Waals surface area (Å²) >= 11 is 1.16. The van der Waals surface area contributed by atoms with E-state index in [1.165, 1.54) is 5.56 Å². The van der Waals surface area contributed by atoms with E-state index in [1.807, 2.05) is 69.4 Å². The van der Waals surface area contributed by atoms with Gasteiger partial charge in [0.15, 0.2) is 10.9 Å². The third-order valence-electron chi connectivity index (χ3n) is 11.5. The molecule has 344 valence electrons. The summed E-state index contributed by atoms with van der Waals surface area (Å²) in [5.74, 6) is -1.22. The average Bonchev–Trinajstić information content (AvgIpc) is 4.01. The number of hydrogen-bond donors (Lipinski definition) is 5. The Morgan fingerprint density at radius 3 is 2.25 bits per heavy atom. The first-order valence-electron chi connectivity index (χ1n) is 20.8. The van der Waals surface area contributed by atoms with E-state index in [4.69, 9.17) is 0 Å². The van der Waals surface area contributed by atoms with Crippen molar-refractivity contribution >= 4 is 83.1 Å². The quantitative estimate of drug-likeness (QED) is 0.0847. The van der Waals surface area contributed by atoms with Crippen molar-refractivity contribution in [3.63, 3.8) is 0 Å². The molecule has 6 atom stereocenters. The van der Waals surface area contributed by atoms with Gasteiger partial charge in [-0.1, -0.05) is 91.9 Å². The van der Waals surface area contributed by atoms with E-state index in [0.717, 1.165) is 41.7 Å². The number of halogens is 3. The third kappa shape index (κ3) is 12.9. The first kappa shape index (κ1) is 52.9. The van der Waals surface area contributed by atoms with Crippen LogP contribution in [-0.4, -0.2) is 99.1 Å². The van der Waals surface area contributed by atoms with Gasteiger partial charge in [-0.25, -0.2) is 9.67 Å². The first-order chi connectivity index (χ1) is 28.7. The number of fused-ring (bicyclic) bond motifs is 1. The highest BCUT2D eigenvalue weighted by atomic mass is 35.5. The number of aryl methyl sites for hydroxylation is 2. The van der Waals surface area contributed by atoms with Crippen LogP contribution in [0.1, 0.15) is 105 Å². The molecule has 15 nitrogen and oxygen atoms in total. The molecule has 6 rings (SSSR count). The summed E-state index contributed by atoms with van der Waals surface area (Å²) in [5, 5.41) is 24.1. The highest BCUT2D eigenvalue weighted by Gasteiger charge is 2.46. The molecule has 0 bridgehead atoms. The van der Waals surface area contributed by atoms with Crippen LogP contribution in [-0.2, 0) is 32.0 Å². The van der Waals surface area contributed by atoms with Gasteiger partial charge in [-0.15, -0.1) is 42.3 Å². The van der Waals surface area contributed by atoms with Crippen molar-refractivity contribution in [2.45, 2.75) is 116 Å². The van der Waals surface area contributed by atoms with Gasteiger partial charge in [0.25, 0.3) is 0 Å². The molecule has 5 N–H and O–H groups in total. The number of ketones is 1. The number of likely N-dealkylation sites (N-methyl/N-ethyl adjacent to an activating group) is 2. The molecule has 19 heteroatoms. The van der Waals surface area contributed by atoms with Crippen molar-refractivity contribution in [2.75, 3.05) is 26.0 Å². The molecule has 1 fully saturated rings. The van der Waals surface area contributed by atoms with Crippen LogP contribution in [0.5, 0.6) is 0 Å². The number of nitrogens with zero attached hydrogens (tertiary/aromatic N) is 5. The summed E-state index contributed by atoms with van der Waals surface area (Å²) in [6, 6.07) is 14.4. The molecule has 2 aliphatic rings. The number of rotatable bonds is 16. The van der Waals surface area contributed by atoms with Gasteiger partial charge in [0.1, 0.15) is 17.0 Å². The van der Waals surface area contributed by atoms with Crippen LogP contribution in [0.3, 0.4) is 0 Å². The van der Waals surface area contributed by atoms with E-state index >= 15 is 0 Å². The Morgan fingerprint density at radius 2 is 1.57 bits per heavy atom. The maximum atomic E-state index is 14.6. The Kier molecular flexibility index (Phi) is 19.7. The second kappa shape index (κ2) is 23.5. The van der Waals surface area contributed by atoms with Crippen molar-refractivity contribution in [3.8, 4) is 11.3 Å². The Balaban J connectivity index is 0.00000352. The highest BCUT2D eigenvalue weighted by molar-refractivity contribution is 7.18. The zero-order valence-electron chi connectivity index (χ0n) is 36.8. The molecule has 0 saturated carbocycles. The zero-order chi connectivity index (χ0) is 43.1. The van der Waals surface area contributed by atoms with E-state index in [9.17, 15) is 24.0 Å². The Morgan fingerprint density at radius 1 is 0.905 bits per heavy atom. The number of nitrogens with one attached hydrogen (secondary N) is 5. The minimum absolute atomic E-state index is 0. The maximum Gasteiger partial charge on any atom is 0.246 e. The molecule has 0 radical (unpaired) electrons. The molecular weight excluding hydrogens is 887 g/mol. The lowest BCUT2D eigenvalue weighted by atomic mass is 9.85. The van der Waals surface area contributed by atoms with Crippen molar-refractivity contribution < 1.29 is 24.0 Å². The molecule has 2 aromatic carbocycles. The minimum atomic E-state index is -0.890. The number of hydrogen-bond acceptors (Lipinski definition) is 11. The minimum Gasteiger partial charge on any atom is -0.347 e. The van der Waals surface area contributed by atoms with Gasteiger partial charge in [-0.3, -0.25) is 24.0 Å². The summed E-state index contributed by atoms with van der Waals surface area (Å²) in [7, 11) is 3.39. The van der Waals surface area contributed by atoms with E-state index < -0.39 is 29.6 Å². The molecule has 0 unspecified atom stereocenters. The Bertz CT molecular complexity index is 2180. The van der Waals surface area contributed by atoms with Gasteiger partial charge in [-0.05, 0) is 76.6 Å². The van der Waals surface area contributed by atoms with Crippen LogP contribution in [0.15, 0.2) is 60.8 Å². The maximum absolute atomic E-state index is 14.6. The molecule has 2 aromatic heterocycles. The van der Waals surface area contributed by atoms with Crippen LogP contribution >= 0.6 is 48.6 Å². The fourth-order valence-corrected chi connectivity index (χ4v) is 8.69. The van der Waals surface area contributed by atoms with Crippen LogP contribution < -0.4 is 26.6 Å². The molecule has 1 aliphatic heterocycles. The average molecular weight is 948 g/mol. The van der Waals surface area contributed by atoms with Gasteiger partial charge in [0, 0.05) is 31.1 Å². The van der Waals surface area contributed by atoms with Gasteiger partial charge < -0.3 is 31.5 Å². The summed E-state index contributed by atoms with van der Waals surface area (Å²) in [6.45, 7) is 9.37. The lowest BCUT2D eigenvalue weighted by Gasteiger charge is -2.36. The first-order valence-corrected chi connectivity index (χ1v) is 21.6. The molecule has 0 spiro atoms. The van der Waals surface area contributed by atoms with Crippen LogP contribution in [0, 0.1) is 5.41 Å². The fourth-order valence-electron chi connectivity index (χ4n) is 7.73. The number of aromatic nitrogens is 4. The van der Waals surface area contributed by atoms with Crippen molar-refractivity contribution in [1.29, 1.82) is 0 Å². The van der Waals surface area contributed by atoms with Crippen LogP contribution in [0.2, 0.25) is 0 Å². The number of likely N-dealkylation sites (tertiary alicyclic amines) is 1. The third-order valence-corrected chi connectivity index (χ3v) is 12.5. The molecule has 1 saturated heterocycles. The van der Waals surface area contributed by atoms with Gasteiger partial charge >= 0.3 is 0 Å². The number of amides is 4. The number of benzene rings is 2. The van der Waals surface area contributed by atoms with Gasteiger partial charge in [0.2, 0.25) is 23.6 Å². The zero-order valence-corrected chi connectivity index (χ0v) is 40.1. The number of carbonyl (C=O) groups is 5. The summed E-state index contributed by atoms with van der Waals surface area (Å²) in [4.78, 5) is 75.0. The summed E-state index contributed by atoms with van der Waals surface area (Å²) < 4.78 is 1.71. The predicted molar refractivity (Wildman–Crippen MR) is 253 cm³/mol. The predicted octanol–water partition coefficient (Wildman–Crippen LogP) is 5.89. The van der Waals surface area contributed by atoms with Crippen LogP contribution in [0.25, 0.3) is 11.3 Å². The number of thiazole rings is 1. The van der Waals surface area contributed by atoms with Crippen molar-refractivity contribution in [2.24, 2.45) is 5.41 Å². The fraction of sp³-hybridized carbons (Fsp3) is 0.500. The molecule has 1 aliphatic carbocycles. The van der Waals surface area contributed by atoms with Gasteiger partial charge in [0.05, 0.1) is 35.6 Å².